The van der Waals surface area contributed by atoms with Gasteiger partial charge in [0.2, 0.25) is 0 Å². The van der Waals surface area contributed by atoms with Crippen LogP contribution in [-0.2, 0) is 0 Å². The minimum atomic E-state index is 0.120. The second kappa shape index (κ2) is 7.90. The number of benzene rings is 1. The van der Waals surface area contributed by atoms with Gasteiger partial charge in [0.05, 0.1) is 5.69 Å². The number of thioether (sulfide) groups is 1. The summed E-state index contributed by atoms with van der Waals surface area (Å²) < 4.78 is 1.96. The van der Waals surface area contributed by atoms with Crippen LogP contribution in [0.1, 0.15) is 38.2 Å². The van der Waals surface area contributed by atoms with Crippen molar-refractivity contribution in [2.24, 2.45) is 0 Å². The molecule has 0 spiro atoms. The van der Waals surface area contributed by atoms with E-state index >= 15 is 0 Å². The van der Waals surface area contributed by atoms with E-state index in [1.165, 1.54) is 22.5 Å². The first kappa shape index (κ1) is 18.3. The molecule has 3 aromatic rings. The van der Waals surface area contributed by atoms with Gasteiger partial charge in [0.1, 0.15) is 4.88 Å². The normalized spacial score (nSPS) is 17.7. The molecular weight excluding hydrogens is 374 g/mol. The van der Waals surface area contributed by atoms with Crippen molar-refractivity contribution >= 4 is 29.0 Å². The number of aryl methyl sites for hydroxylation is 2. The molecule has 0 bridgehead atoms. The number of rotatable bonds is 3. The highest BCUT2D eigenvalue weighted by molar-refractivity contribution is 7.99. The molecule has 1 aliphatic rings. The Morgan fingerprint density at radius 2 is 1.89 bits per heavy atom. The van der Waals surface area contributed by atoms with Crippen molar-refractivity contribution in [1.29, 1.82) is 0 Å². The Morgan fingerprint density at radius 1 is 1.11 bits per heavy atom. The average Bonchev–Trinajstić information content (AvgIpc) is 3.26. The molecule has 0 aliphatic carbocycles. The number of carbonyl (C=O) groups excluding carboxylic acids is 1. The number of thiazole rings is 1. The SMILES string of the molecule is Cc1ccccc1C1CCN(C(=O)c2sc(-n3cccc3)nc2C)CCS1. The highest BCUT2D eigenvalue weighted by Gasteiger charge is 2.26. The van der Waals surface area contributed by atoms with E-state index in [9.17, 15) is 4.79 Å². The summed E-state index contributed by atoms with van der Waals surface area (Å²) in [5.74, 6) is 1.09. The number of amides is 1. The maximum atomic E-state index is 13.1. The van der Waals surface area contributed by atoms with Crippen molar-refractivity contribution in [3.05, 3.63) is 70.5 Å². The van der Waals surface area contributed by atoms with Crippen LogP contribution in [0.15, 0.2) is 48.8 Å². The van der Waals surface area contributed by atoms with Gasteiger partial charge in [0.25, 0.3) is 5.91 Å². The monoisotopic (exact) mass is 397 g/mol. The summed E-state index contributed by atoms with van der Waals surface area (Å²) in [6.07, 6.45) is 4.91. The third-order valence-corrected chi connectivity index (χ3v) is 7.44. The van der Waals surface area contributed by atoms with Crippen molar-refractivity contribution in [1.82, 2.24) is 14.5 Å². The molecule has 1 fully saturated rings. The predicted octanol–water partition coefficient (Wildman–Crippen LogP) is 4.87. The van der Waals surface area contributed by atoms with Gasteiger partial charge in [-0.1, -0.05) is 35.6 Å². The number of hydrogen-bond donors (Lipinski definition) is 0. The molecule has 1 aliphatic heterocycles. The lowest BCUT2D eigenvalue weighted by molar-refractivity contribution is 0.0770. The fourth-order valence-corrected chi connectivity index (χ4v) is 5.79. The second-order valence-electron chi connectivity index (χ2n) is 6.80. The molecule has 4 rings (SSSR count). The Kier molecular flexibility index (Phi) is 5.36. The van der Waals surface area contributed by atoms with Gasteiger partial charge in [-0.3, -0.25) is 4.79 Å². The molecule has 1 aromatic carbocycles. The molecule has 0 radical (unpaired) electrons. The van der Waals surface area contributed by atoms with E-state index in [0.717, 1.165) is 41.0 Å². The van der Waals surface area contributed by atoms with Crippen LogP contribution in [0.25, 0.3) is 5.13 Å². The van der Waals surface area contributed by atoms with Crippen LogP contribution in [0.2, 0.25) is 0 Å². The first-order valence-corrected chi connectivity index (χ1v) is 11.1. The summed E-state index contributed by atoms with van der Waals surface area (Å²) >= 11 is 3.44. The molecule has 27 heavy (non-hydrogen) atoms. The van der Waals surface area contributed by atoms with Gasteiger partial charge in [-0.15, -0.1) is 0 Å². The molecule has 0 saturated carbocycles. The van der Waals surface area contributed by atoms with Crippen LogP contribution in [0.3, 0.4) is 0 Å². The Bertz CT molecular complexity index is 933. The highest BCUT2D eigenvalue weighted by atomic mass is 32.2. The topological polar surface area (TPSA) is 38.1 Å². The van der Waals surface area contributed by atoms with Gasteiger partial charge in [-0.25, -0.2) is 4.98 Å². The molecule has 3 heterocycles. The van der Waals surface area contributed by atoms with Crippen LogP contribution in [0.4, 0.5) is 0 Å². The fraction of sp³-hybridized carbons (Fsp3) is 0.333. The lowest BCUT2D eigenvalue weighted by Gasteiger charge is -2.20. The smallest absolute Gasteiger partial charge is 0.265 e. The van der Waals surface area contributed by atoms with E-state index in [-0.39, 0.29) is 5.91 Å². The molecule has 140 valence electrons. The van der Waals surface area contributed by atoms with Crippen molar-refractivity contribution in [2.75, 3.05) is 18.8 Å². The number of hydrogen-bond acceptors (Lipinski definition) is 4. The van der Waals surface area contributed by atoms with Crippen LogP contribution in [0, 0.1) is 13.8 Å². The molecule has 1 saturated heterocycles. The van der Waals surface area contributed by atoms with Gasteiger partial charge in [-0.05, 0) is 43.5 Å². The summed E-state index contributed by atoms with van der Waals surface area (Å²) in [5, 5.41) is 1.31. The zero-order valence-electron chi connectivity index (χ0n) is 15.6. The number of nitrogens with zero attached hydrogens (tertiary/aromatic N) is 3. The average molecular weight is 398 g/mol. The molecule has 1 unspecified atom stereocenters. The van der Waals surface area contributed by atoms with E-state index in [0.29, 0.717) is 5.25 Å². The minimum Gasteiger partial charge on any atom is -0.337 e. The van der Waals surface area contributed by atoms with Crippen LogP contribution >= 0.6 is 23.1 Å². The fourth-order valence-electron chi connectivity index (χ4n) is 3.47. The van der Waals surface area contributed by atoms with Crippen molar-refractivity contribution < 1.29 is 4.79 Å². The molecule has 0 N–H and O–H groups in total. The summed E-state index contributed by atoms with van der Waals surface area (Å²) in [7, 11) is 0. The zero-order chi connectivity index (χ0) is 18.8. The molecular formula is C21H23N3OS2. The van der Waals surface area contributed by atoms with Crippen LogP contribution in [0.5, 0.6) is 0 Å². The van der Waals surface area contributed by atoms with Crippen LogP contribution in [-0.4, -0.2) is 39.2 Å². The first-order valence-electron chi connectivity index (χ1n) is 9.20. The van der Waals surface area contributed by atoms with Crippen molar-refractivity contribution in [3.8, 4) is 5.13 Å². The Labute approximate surface area is 168 Å². The third kappa shape index (κ3) is 3.82. The van der Waals surface area contributed by atoms with Crippen LogP contribution < -0.4 is 0 Å². The van der Waals surface area contributed by atoms with E-state index in [4.69, 9.17) is 0 Å². The zero-order valence-corrected chi connectivity index (χ0v) is 17.2. The van der Waals surface area contributed by atoms with E-state index in [1.807, 2.05) is 52.7 Å². The summed E-state index contributed by atoms with van der Waals surface area (Å²) in [6.45, 7) is 5.69. The lowest BCUT2D eigenvalue weighted by atomic mass is 10.0. The Balaban J connectivity index is 1.50. The molecule has 2 aromatic heterocycles. The molecule has 1 amide bonds. The summed E-state index contributed by atoms with van der Waals surface area (Å²) in [4.78, 5) is 20.5. The van der Waals surface area contributed by atoms with Gasteiger partial charge in [0, 0.05) is 36.5 Å². The third-order valence-electron chi connectivity index (χ3n) is 4.97. The van der Waals surface area contributed by atoms with Gasteiger partial charge in [0.15, 0.2) is 5.13 Å². The van der Waals surface area contributed by atoms with Crippen molar-refractivity contribution in [3.63, 3.8) is 0 Å². The van der Waals surface area contributed by atoms with Gasteiger partial charge >= 0.3 is 0 Å². The Hall–Kier alpha value is -2.05. The maximum absolute atomic E-state index is 13.1. The quantitative estimate of drug-likeness (QED) is 0.633. The van der Waals surface area contributed by atoms with Gasteiger partial charge in [-0.2, -0.15) is 11.8 Å². The van der Waals surface area contributed by atoms with E-state index in [1.54, 1.807) is 0 Å². The number of carbonyl (C=O) groups is 1. The van der Waals surface area contributed by atoms with E-state index in [2.05, 4.69) is 36.2 Å². The largest absolute Gasteiger partial charge is 0.337 e. The van der Waals surface area contributed by atoms with Crippen molar-refractivity contribution in [2.45, 2.75) is 25.5 Å². The standard InChI is InChI=1S/C21H23N3OS2/c1-15-7-3-4-8-17(15)18-9-12-23(13-14-26-18)20(25)19-16(2)22-21(27-19)24-10-5-6-11-24/h3-8,10-11,18H,9,12-14H2,1-2H3. The second-order valence-corrected chi connectivity index (χ2v) is 9.09. The molecule has 6 heteroatoms. The Morgan fingerprint density at radius 3 is 2.67 bits per heavy atom. The predicted molar refractivity (Wildman–Crippen MR) is 113 cm³/mol. The maximum Gasteiger partial charge on any atom is 0.265 e. The highest BCUT2D eigenvalue weighted by Crippen LogP contribution is 2.36. The minimum absolute atomic E-state index is 0.120. The first-order chi connectivity index (χ1) is 13.1. The van der Waals surface area contributed by atoms with Gasteiger partial charge < -0.3 is 9.47 Å². The van der Waals surface area contributed by atoms with E-state index < -0.39 is 0 Å². The summed E-state index contributed by atoms with van der Waals surface area (Å²) in [5.41, 5.74) is 3.56. The lowest BCUT2D eigenvalue weighted by Crippen LogP contribution is -2.32. The molecule has 4 nitrogen and oxygen atoms in total. The molecule has 1 atom stereocenters. The number of aromatic nitrogens is 2. The summed E-state index contributed by atoms with van der Waals surface area (Å²) in [6, 6.07) is 12.5.